The van der Waals surface area contributed by atoms with Gasteiger partial charge in [0.05, 0.1) is 12.6 Å². The number of aliphatic hydroxyl groups is 1. The van der Waals surface area contributed by atoms with Gasteiger partial charge in [-0.1, -0.05) is 0 Å². The normalized spacial score (nSPS) is 12.3. The molecular formula is C9H17NO3. The second-order valence-electron chi connectivity index (χ2n) is 3.24. The predicted molar refractivity (Wildman–Crippen MR) is 49.2 cm³/mol. The van der Waals surface area contributed by atoms with Crippen molar-refractivity contribution in [2.24, 2.45) is 0 Å². The minimum atomic E-state index is -0.181. The second kappa shape index (κ2) is 5.70. The Balaban J connectivity index is 3.89. The molecule has 0 aromatic carbocycles. The lowest BCUT2D eigenvalue weighted by Gasteiger charge is -2.22. The van der Waals surface area contributed by atoms with Crippen LogP contribution in [0.25, 0.3) is 0 Å². The molecule has 0 spiro atoms. The molecule has 1 atom stereocenters. The largest absolute Gasteiger partial charge is 0.394 e. The number of likely N-dealkylation sites (N-methyl/N-ethyl adjacent to an activating group) is 1. The summed E-state index contributed by atoms with van der Waals surface area (Å²) in [6.07, 6.45) is 0.511. The molecule has 13 heavy (non-hydrogen) atoms. The van der Waals surface area contributed by atoms with Crippen LogP contribution in [0.15, 0.2) is 0 Å². The molecule has 0 saturated carbocycles. The zero-order valence-corrected chi connectivity index (χ0v) is 8.41. The summed E-state index contributed by atoms with van der Waals surface area (Å²) in [5.74, 6) is -0.0878. The van der Waals surface area contributed by atoms with Crippen molar-refractivity contribution < 1.29 is 14.7 Å². The van der Waals surface area contributed by atoms with Gasteiger partial charge in [-0.15, -0.1) is 0 Å². The third kappa shape index (κ3) is 4.62. The highest BCUT2D eigenvalue weighted by Crippen LogP contribution is 2.00. The van der Waals surface area contributed by atoms with E-state index in [2.05, 4.69) is 0 Å². The molecule has 0 aliphatic carbocycles. The lowest BCUT2D eigenvalue weighted by Crippen LogP contribution is -2.37. The van der Waals surface area contributed by atoms with E-state index in [9.17, 15) is 9.59 Å². The maximum Gasteiger partial charge on any atom is 0.223 e. The molecule has 0 aromatic heterocycles. The van der Waals surface area contributed by atoms with Crippen molar-refractivity contribution in [2.45, 2.75) is 32.7 Å². The van der Waals surface area contributed by atoms with E-state index in [0.717, 1.165) is 0 Å². The first kappa shape index (κ1) is 12.1. The molecule has 1 N–H and O–H groups in total. The number of carbonyl (C=O) groups excluding carboxylic acids is 2. The fourth-order valence-corrected chi connectivity index (χ4v) is 0.828. The van der Waals surface area contributed by atoms with Crippen LogP contribution >= 0.6 is 0 Å². The number of amides is 1. The average molecular weight is 187 g/mol. The summed E-state index contributed by atoms with van der Waals surface area (Å²) in [7, 11) is 1.63. The van der Waals surface area contributed by atoms with Crippen molar-refractivity contribution in [3.63, 3.8) is 0 Å². The Kier molecular flexibility index (Phi) is 5.30. The number of ketones is 1. The van der Waals surface area contributed by atoms with Crippen molar-refractivity contribution in [2.75, 3.05) is 13.7 Å². The predicted octanol–water partition coefficient (Wildman–Crippen LogP) is 0.195. The van der Waals surface area contributed by atoms with Crippen molar-refractivity contribution in [1.29, 1.82) is 0 Å². The lowest BCUT2D eigenvalue weighted by atomic mass is 10.2. The molecular weight excluding hydrogens is 170 g/mol. The topological polar surface area (TPSA) is 57.6 Å². The molecule has 0 heterocycles. The molecule has 0 aliphatic heterocycles. The third-order valence-electron chi connectivity index (χ3n) is 2.01. The van der Waals surface area contributed by atoms with Gasteiger partial charge in [0.2, 0.25) is 5.91 Å². The molecule has 0 saturated heterocycles. The lowest BCUT2D eigenvalue weighted by molar-refractivity contribution is -0.134. The number of aliphatic hydroxyl groups excluding tert-OH is 1. The zero-order chi connectivity index (χ0) is 10.4. The quantitative estimate of drug-likeness (QED) is 0.668. The Hall–Kier alpha value is -0.900. The maximum absolute atomic E-state index is 11.3. The summed E-state index contributed by atoms with van der Waals surface area (Å²) in [5, 5.41) is 8.77. The Morgan fingerprint density at radius 1 is 1.38 bits per heavy atom. The molecule has 0 rings (SSSR count). The Labute approximate surface area is 78.5 Å². The van der Waals surface area contributed by atoms with Gasteiger partial charge in [0.25, 0.3) is 0 Å². The summed E-state index contributed by atoms with van der Waals surface area (Å²) < 4.78 is 0. The van der Waals surface area contributed by atoms with E-state index >= 15 is 0 Å². The number of carbonyl (C=O) groups is 2. The van der Waals surface area contributed by atoms with E-state index in [4.69, 9.17) is 5.11 Å². The summed E-state index contributed by atoms with van der Waals surface area (Å²) in [5.41, 5.74) is 0. The minimum absolute atomic E-state index is 0.0124. The van der Waals surface area contributed by atoms with Crippen molar-refractivity contribution in [3.8, 4) is 0 Å². The van der Waals surface area contributed by atoms with Crippen molar-refractivity contribution >= 4 is 11.7 Å². The molecule has 0 aromatic rings. The molecule has 76 valence electrons. The van der Waals surface area contributed by atoms with Crippen molar-refractivity contribution in [3.05, 3.63) is 0 Å². The van der Waals surface area contributed by atoms with Crippen LogP contribution in [0.2, 0.25) is 0 Å². The van der Waals surface area contributed by atoms with Crippen LogP contribution in [0.4, 0.5) is 0 Å². The van der Waals surface area contributed by atoms with Gasteiger partial charge in [-0.05, 0) is 13.8 Å². The molecule has 0 fully saturated rings. The fraction of sp³-hybridized carbons (Fsp3) is 0.778. The number of hydrogen-bond acceptors (Lipinski definition) is 3. The van der Waals surface area contributed by atoms with Crippen LogP contribution in [-0.2, 0) is 9.59 Å². The highest BCUT2D eigenvalue weighted by molar-refractivity contribution is 5.83. The van der Waals surface area contributed by atoms with Crippen LogP contribution < -0.4 is 0 Å². The Morgan fingerprint density at radius 3 is 2.31 bits per heavy atom. The first-order valence-electron chi connectivity index (χ1n) is 4.35. The van der Waals surface area contributed by atoms with E-state index < -0.39 is 0 Å². The number of nitrogens with zero attached hydrogens (tertiary/aromatic N) is 1. The van der Waals surface area contributed by atoms with Gasteiger partial charge in [-0.2, -0.15) is 0 Å². The highest BCUT2D eigenvalue weighted by Gasteiger charge is 2.14. The third-order valence-corrected chi connectivity index (χ3v) is 2.01. The summed E-state index contributed by atoms with van der Waals surface area (Å²) >= 11 is 0. The SMILES string of the molecule is CC(=O)CCC(=O)N(C)C(C)CO. The van der Waals surface area contributed by atoms with E-state index in [1.165, 1.54) is 11.8 Å². The number of Topliss-reactive ketones (excluding diaryl/α,β-unsaturated/α-hetero) is 1. The minimum Gasteiger partial charge on any atom is -0.394 e. The second-order valence-corrected chi connectivity index (χ2v) is 3.24. The van der Waals surface area contributed by atoms with Crippen LogP contribution in [0, 0.1) is 0 Å². The number of rotatable bonds is 5. The summed E-state index contributed by atoms with van der Waals surface area (Å²) in [6, 6.07) is -0.181. The maximum atomic E-state index is 11.3. The van der Waals surface area contributed by atoms with Crippen LogP contribution in [-0.4, -0.2) is 41.4 Å². The first-order chi connectivity index (χ1) is 5.99. The van der Waals surface area contributed by atoms with Gasteiger partial charge >= 0.3 is 0 Å². The monoisotopic (exact) mass is 187 g/mol. The Bertz CT molecular complexity index is 191. The smallest absolute Gasteiger partial charge is 0.223 e. The van der Waals surface area contributed by atoms with Crippen LogP contribution in [0.1, 0.15) is 26.7 Å². The van der Waals surface area contributed by atoms with Gasteiger partial charge in [-0.25, -0.2) is 0 Å². The molecule has 0 radical (unpaired) electrons. The summed E-state index contributed by atoms with van der Waals surface area (Å²) in [4.78, 5) is 23.4. The van der Waals surface area contributed by atoms with Crippen LogP contribution in [0.5, 0.6) is 0 Å². The molecule has 0 bridgehead atoms. The van der Waals surface area contributed by atoms with Gasteiger partial charge in [-0.3, -0.25) is 4.79 Å². The first-order valence-corrected chi connectivity index (χ1v) is 4.35. The standard InChI is InChI=1S/C9H17NO3/c1-7(6-11)10(3)9(13)5-4-8(2)12/h7,11H,4-6H2,1-3H3. The number of hydrogen-bond donors (Lipinski definition) is 1. The molecule has 4 heteroatoms. The fourth-order valence-electron chi connectivity index (χ4n) is 0.828. The van der Waals surface area contributed by atoms with E-state index in [-0.39, 0.29) is 37.2 Å². The highest BCUT2D eigenvalue weighted by atomic mass is 16.3. The van der Waals surface area contributed by atoms with Gasteiger partial charge in [0, 0.05) is 19.9 Å². The van der Waals surface area contributed by atoms with Gasteiger partial charge in [0.1, 0.15) is 5.78 Å². The molecule has 4 nitrogen and oxygen atoms in total. The Morgan fingerprint density at radius 2 is 1.92 bits per heavy atom. The van der Waals surface area contributed by atoms with E-state index in [0.29, 0.717) is 0 Å². The average Bonchev–Trinajstić information content (AvgIpc) is 2.11. The van der Waals surface area contributed by atoms with Gasteiger partial charge < -0.3 is 14.8 Å². The van der Waals surface area contributed by atoms with E-state index in [1.807, 2.05) is 0 Å². The van der Waals surface area contributed by atoms with Gasteiger partial charge in [0.15, 0.2) is 0 Å². The summed E-state index contributed by atoms with van der Waals surface area (Å²) in [6.45, 7) is 3.16. The van der Waals surface area contributed by atoms with Crippen LogP contribution in [0.3, 0.4) is 0 Å². The van der Waals surface area contributed by atoms with E-state index in [1.54, 1.807) is 14.0 Å². The zero-order valence-electron chi connectivity index (χ0n) is 8.41. The molecule has 1 amide bonds. The van der Waals surface area contributed by atoms with Crippen molar-refractivity contribution in [1.82, 2.24) is 4.90 Å². The molecule has 0 aliphatic rings. The molecule has 1 unspecified atom stereocenters.